The molecule has 2 fully saturated rings. The first-order chi connectivity index (χ1) is 6.74. The molecule has 72 valence electrons. The van der Waals surface area contributed by atoms with E-state index in [4.69, 9.17) is 4.74 Å². The van der Waals surface area contributed by atoms with Crippen molar-refractivity contribution in [2.45, 2.75) is 12.3 Å². The summed E-state index contributed by atoms with van der Waals surface area (Å²) in [5.41, 5.74) is 1.32. The average Bonchev–Trinajstić information content (AvgIpc) is 2.61. The minimum Gasteiger partial charge on any atom is -0.465 e. The van der Waals surface area contributed by atoms with Crippen LogP contribution in [0, 0.1) is 11.8 Å². The number of benzene rings is 1. The van der Waals surface area contributed by atoms with Gasteiger partial charge in [-0.15, -0.1) is 0 Å². The van der Waals surface area contributed by atoms with Crippen LogP contribution in [0.1, 0.15) is 12.5 Å². The molecule has 3 atom stereocenters. The summed E-state index contributed by atoms with van der Waals surface area (Å²) in [6, 6.07) is 10.3. The molecule has 1 aromatic rings. The topological polar surface area (TPSA) is 26.3 Å². The molecule has 1 saturated heterocycles. The Bertz CT molecular complexity index is 385. The van der Waals surface area contributed by atoms with Crippen LogP contribution >= 0.6 is 0 Å². The van der Waals surface area contributed by atoms with E-state index in [1.165, 1.54) is 5.56 Å². The molecule has 1 aliphatic carbocycles. The largest absolute Gasteiger partial charge is 0.465 e. The number of rotatable bonds is 1. The second-order valence-corrected chi connectivity index (χ2v) is 4.36. The number of ether oxygens (including phenoxy) is 1. The summed E-state index contributed by atoms with van der Waals surface area (Å²) in [5.74, 6) is 0.517. The van der Waals surface area contributed by atoms with Crippen molar-refractivity contribution in [3.63, 3.8) is 0 Å². The summed E-state index contributed by atoms with van der Waals surface area (Å²) in [5, 5.41) is 0. The molecule has 0 amide bonds. The van der Waals surface area contributed by atoms with Gasteiger partial charge in [0, 0.05) is 11.3 Å². The van der Waals surface area contributed by atoms with Gasteiger partial charge in [-0.3, -0.25) is 4.79 Å². The van der Waals surface area contributed by atoms with Crippen LogP contribution in [-0.2, 0) is 14.9 Å². The molecule has 1 aliphatic heterocycles. The maximum Gasteiger partial charge on any atom is 0.310 e. The fraction of sp³-hybridized carbons (Fsp3) is 0.417. The molecule has 0 unspecified atom stereocenters. The highest BCUT2D eigenvalue weighted by molar-refractivity contribution is 5.82. The Morgan fingerprint density at radius 3 is 2.64 bits per heavy atom. The predicted molar refractivity (Wildman–Crippen MR) is 51.7 cm³/mol. The van der Waals surface area contributed by atoms with Crippen LogP contribution in [0.15, 0.2) is 30.3 Å². The summed E-state index contributed by atoms with van der Waals surface area (Å²) < 4.78 is 4.99. The highest BCUT2D eigenvalue weighted by Crippen LogP contribution is 2.63. The van der Waals surface area contributed by atoms with Gasteiger partial charge >= 0.3 is 5.97 Å². The van der Waals surface area contributed by atoms with Crippen LogP contribution in [0.4, 0.5) is 0 Å². The maximum absolute atomic E-state index is 11.4. The lowest BCUT2D eigenvalue weighted by Crippen LogP contribution is -2.17. The van der Waals surface area contributed by atoms with Gasteiger partial charge in [-0.2, -0.15) is 0 Å². The Morgan fingerprint density at radius 2 is 2.07 bits per heavy atom. The smallest absolute Gasteiger partial charge is 0.310 e. The fourth-order valence-electron chi connectivity index (χ4n) is 2.73. The highest BCUT2D eigenvalue weighted by Gasteiger charge is 2.70. The number of hydrogen-bond donors (Lipinski definition) is 0. The van der Waals surface area contributed by atoms with E-state index >= 15 is 0 Å². The standard InChI is InChI=1S/C12H12O2/c1-12(8-5-3-2-4-6-8)9-7-14-11(13)10(9)12/h2-6,9-10H,7H2,1H3/t9-,10-,12+/m0/s1. The van der Waals surface area contributed by atoms with Gasteiger partial charge < -0.3 is 4.74 Å². The summed E-state index contributed by atoms with van der Waals surface area (Å²) >= 11 is 0. The number of carbonyl (C=O) groups is 1. The van der Waals surface area contributed by atoms with Crippen molar-refractivity contribution in [2.24, 2.45) is 11.8 Å². The molecule has 0 N–H and O–H groups in total. The molecule has 0 aromatic heterocycles. The molecule has 0 bridgehead atoms. The van der Waals surface area contributed by atoms with Crippen LogP contribution in [0.3, 0.4) is 0 Å². The molecular weight excluding hydrogens is 176 g/mol. The van der Waals surface area contributed by atoms with E-state index in [9.17, 15) is 4.79 Å². The molecule has 0 spiro atoms. The van der Waals surface area contributed by atoms with Gasteiger partial charge in [0.05, 0.1) is 12.5 Å². The third-order valence-electron chi connectivity index (χ3n) is 3.76. The third kappa shape index (κ3) is 0.788. The van der Waals surface area contributed by atoms with Crippen LogP contribution in [0.2, 0.25) is 0 Å². The van der Waals surface area contributed by atoms with Crippen molar-refractivity contribution >= 4 is 5.97 Å². The molecule has 2 nitrogen and oxygen atoms in total. The zero-order valence-electron chi connectivity index (χ0n) is 8.07. The van der Waals surface area contributed by atoms with Gasteiger partial charge in [0.1, 0.15) is 0 Å². The van der Waals surface area contributed by atoms with Gasteiger partial charge in [-0.05, 0) is 5.56 Å². The SMILES string of the molecule is C[C@]1(c2ccccc2)[C@@H]2C(=O)OC[C@@H]21. The van der Waals surface area contributed by atoms with Crippen molar-refractivity contribution in [1.29, 1.82) is 0 Å². The summed E-state index contributed by atoms with van der Waals surface area (Å²) in [6.07, 6.45) is 0. The molecule has 14 heavy (non-hydrogen) atoms. The van der Waals surface area contributed by atoms with Crippen molar-refractivity contribution in [3.8, 4) is 0 Å². The number of esters is 1. The zero-order valence-corrected chi connectivity index (χ0v) is 8.07. The van der Waals surface area contributed by atoms with Gasteiger partial charge in [-0.25, -0.2) is 0 Å². The summed E-state index contributed by atoms with van der Waals surface area (Å²) in [6.45, 7) is 2.77. The average molecular weight is 188 g/mol. The van der Waals surface area contributed by atoms with Crippen molar-refractivity contribution in [1.82, 2.24) is 0 Å². The molecule has 2 heteroatoms. The van der Waals surface area contributed by atoms with Crippen LogP contribution in [0.5, 0.6) is 0 Å². The van der Waals surface area contributed by atoms with E-state index in [0.29, 0.717) is 12.5 Å². The van der Waals surface area contributed by atoms with Crippen molar-refractivity contribution < 1.29 is 9.53 Å². The Morgan fingerprint density at radius 1 is 1.36 bits per heavy atom. The molecule has 1 aromatic carbocycles. The lowest BCUT2D eigenvalue weighted by molar-refractivity contribution is -0.142. The monoisotopic (exact) mass is 188 g/mol. The van der Waals surface area contributed by atoms with Gasteiger partial charge in [0.15, 0.2) is 0 Å². The van der Waals surface area contributed by atoms with Crippen molar-refractivity contribution in [2.75, 3.05) is 6.61 Å². The fourth-order valence-corrected chi connectivity index (χ4v) is 2.73. The Hall–Kier alpha value is -1.31. The minimum absolute atomic E-state index is 0.0126. The van der Waals surface area contributed by atoms with Gasteiger partial charge in [-0.1, -0.05) is 37.3 Å². The molecule has 1 saturated carbocycles. The van der Waals surface area contributed by atoms with E-state index in [1.807, 2.05) is 18.2 Å². The second-order valence-electron chi connectivity index (χ2n) is 4.36. The lowest BCUT2D eigenvalue weighted by atomic mass is 9.93. The Labute approximate surface area is 82.9 Å². The van der Waals surface area contributed by atoms with E-state index in [-0.39, 0.29) is 17.3 Å². The van der Waals surface area contributed by atoms with E-state index < -0.39 is 0 Å². The maximum atomic E-state index is 11.4. The second kappa shape index (κ2) is 2.38. The van der Waals surface area contributed by atoms with E-state index in [2.05, 4.69) is 19.1 Å². The van der Waals surface area contributed by atoms with Crippen LogP contribution in [-0.4, -0.2) is 12.6 Å². The number of carbonyl (C=O) groups excluding carboxylic acids is 1. The summed E-state index contributed by atoms with van der Waals surface area (Å²) in [4.78, 5) is 11.4. The molecule has 1 heterocycles. The number of cyclic esters (lactones) is 1. The number of fused-ring (bicyclic) bond motifs is 1. The molecule has 3 rings (SSSR count). The first kappa shape index (κ1) is 8.04. The van der Waals surface area contributed by atoms with Crippen LogP contribution < -0.4 is 0 Å². The number of hydrogen-bond acceptors (Lipinski definition) is 2. The first-order valence-corrected chi connectivity index (χ1v) is 4.97. The lowest BCUT2D eigenvalue weighted by Gasteiger charge is -2.14. The quantitative estimate of drug-likeness (QED) is 0.627. The minimum atomic E-state index is -0.0126. The summed E-state index contributed by atoms with van der Waals surface area (Å²) in [7, 11) is 0. The molecule has 2 aliphatic rings. The normalized spacial score (nSPS) is 39.1. The van der Waals surface area contributed by atoms with E-state index in [1.54, 1.807) is 0 Å². The molecule has 0 radical (unpaired) electrons. The van der Waals surface area contributed by atoms with E-state index in [0.717, 1.165) is 0 Å². The van der Waals surface area contributed by atoms with Crippen molar-refractivity contribution in [3.05, 3.63) is 35.9 Å². The van der Waals surface area contributed by atoms with Gasteiger partial charge in [0.25, 0.3) is 0 Å². The zero-order chi connectivity index (χ0) is 9.76. The predicted octanol–water partition coefficient (Wildman–Crippen LogP) is 1.75. The van der Waals surface area contributed by atoms with Crippen LogP contribution in [0.25, 0.3) is 0 Å². The third-order valence-corrected chi connectivity index (χ3v) is 3.76. The Kier molecular flexibility index (Phi) is 1.37. The molecular formula is C12H12O2. The highest BCUT2D eigenvalue weighted by atomic mass is 16.5. The van der Waals surface area contributed by atoms with Gasteiger partial charge in [0.2, 0.25) is 0 Å². The Balaban J connectivity index is 1.99. The first-order valence-electron chi connectivity index (χ1n) is 4.97.